The minimum atomic E-state index is -3.44. The fourth-order valence-electron chi connectivity index (χ4n) is 2.06. The monoisotopic (exact) mass is 285 g/mol. The lowest BCUT2D eigenvalue weighted by molar-refractivity contribution is 0.183. The van der Waals surface area contributed by atoms with E-state index in [0.717, 1.165) is 23.6 Å². The van der Waals surface area contributed by atoms with E-state index in [0.29, 0.717) is 5.88 Å². The van der Waals surface area contributed by atoms with Gasteiger partial charge in [0.2, 0.25) is 15.9 Å². The van der Waals surface area contributed by atoms with Crippen LogP contribution in [0.2, 0.25) is 0 Å². The lowest BCUT2D eigenvalue weighted by Gasteiger charge is -2.17. The number of nitrogens with zero attached hydrogens (tertiary/aromatic N) is 2. The highest BCUT2D eigenvalue weighted by Gasteiger charge is 2.26. The molecule has 7 heteroatoms. The number of sulfonamides is 1. The molecule has 0 aromatic carbocycles. The van der Waals surface area contributed by atoms with Crippen LogP contribution < -0.4 is 10.5 Å². The molecule has 0 aliphatic heterocycles. The second kappa shape index (κ2) is 5.44. The summed E-state index contributed by atoms with van der Waals surface area (Å²) in [5.41, 5.74) is 5.91. The molecule has 0 bridgehead atoms. The summed E-state index contributed by atoms with van der Waals surface area (Å²) in [5.74, 6) is 0.417. The summed E-state index contributed by atoms with van der Waals surface area (Å²) in [7, 11) is -0.474. The number of nitrogens with two attached hydrogens (primary N) is 1. The second-order valence-electron chi connectivity index (χ2n) is 4.87. The van der Waals surface area contributed by atoms with Crippen LogP contribution in [0.4, 0.5) is 0 Å². The number of rotatable bonds is 4. The number of aromatic nitrogens is 1. The van der Waals surface area contributed by atoms with E-state index < -0.39 is 10.0 Å². The van der Waals surface area contributed by atoms with Gasteiger partial charge in [0.1, 0.15) is 11.0 Å². The first-order chi connectivity index (χ1) is 8.91. The fraction of sp³-hybridized carbons (Fsp3) is 0.583. The van der Waals surface area contributed by atoms with Gasteiger partial charge < -0.3 is 10.5 Å². The number of hydrogen-bond donors (Lipinski definition) is 1. The number of pyridine rings is 1. The first-order valence-corrected chi connectivity index (χ1v) is 7.66. The molecule has 0 spiro atoms. The quantitative estimate of drug-likeness (QED) is 0.875. The molecule has 2 rings (SSSR count). The molecule has 1 aliphatic rings. The van der Waals surface area contributed by atoms with E-state index in [2.05, 4.69) is 4.98 Å². The smallest absolute Gasteiger partial charge is 0.244 e. The zero-order valence-corrected chi connectivity index (χ0v) is 11.9. The lowest BCUT2D eigenvalue weighted by Crippen LogP contribution is -2.33. The van der Waals surface area contributed by atoms with Crippen LogP contribution in [0.25, 0.3) is 0 Å². The number of hydrogen-bond acceptors (Lipinski definition) is 5. The molecule has 1 fully saturated rings. The molecular weight excluding hydrogens is 266 g/mol. The molecule has 0 amide bonds. The fourth-order valence-corrected chi connectivity index (χ4v) is 2.90. The van der Waals surface area contributed by atoms with Gasteiger partial charge in [0, 0.05) is 26.2 Å². The summed E-state index contributed by atoms with van der Waals surface area (Å²) < 4.78 is 30.6. The lowest BCUT2D eigenvalue weighted by atomic mass is 10.2. The van der Waals surface area contributed by atoms with Crippen molar-refractivity contribution < 1.29 is 13.2 Å². The van der Waals surface area contributed by atoms with Gasteiger partial charge in [-0.2, -0.15) is 0 Å². The first-order valence-electron chi connectivity index (χ1n) is 6.22. The van der Waals surface area contributed by atoms with Crippen LogP contribution in [0, 0.1) is 0 Å². The molecule has 2 atom stereocenters. The van der Waals surface area contributed by atoms with Crippen molar-refractivity contribution >= 4 is 10.0 Å². The topological polar surface area (TPSA) is 85.5 Å². The summed E-state index contributed by atoms with van der Waals surface area (Å²) in [4.78, 5) is 4.19. The summed E-state index contributed by atoms with van der Waals surface area (Å²) in [6.45, 7) is 0. The van der Waals surface area contributed by atoms with E-state index in [1.165, 1.54) is 26.4 Å². The van der Waals surface area contributed by atoms with Crippen LogP contribution in [0.15, 0.2) is 23.2 Å². The van der Waals surface area contributed by atoms with Crippen LogP contribution in [-0.4, -0.2) is 43.9 Å². The van der Waals surface area contributed by atoms with Crippen LogP contribution in [0.1, 0.15) is 19.3 Å². The molecule has 2 unspecified atom stereocenters. The molecular formula is C12H19N3O3S. The third-order valence-corrected chi connectivity index (χ3v) is 5.06. The third-order valence-electron chi connectivity index (χ3n) is 3.26. The van der Waals surface area contributed by atoms with Gasteiger partial charge in [-0.3, -0.25) is 0 Å². The summed E-state index contributed by atoms with van der Waals surface area (Å²) in [5, 5.41) is 0. The molecule has 1 saturated carbocycles. The minimum absolute atomic E-state index is 0.0243. The second-order valence-corrected chi connectivity index (χ2v) is 7.02. The largest absolute Gasteiger partial charge is 0.473 e. The van der Waals surface area contributed by atoms with Crippen molar-refractivity contribution in [2.45, 2.75) is 36.3 Å². The summed E-state index contributed by atoms with van der Waals surface area (Å²) in [6, 6.07) is 3.10. The van der Waals surface area contributed by atoms with Gasteiger partial charge in [-0.1, -0.05) is 0 Å². The molecule has 1 heterocycles. The summed E-state index contributed by atoms with van der Waals surface area (Å²) in [6.07, 6.45) is 4.21. The molecule has 1 aromatic heterocycles. The van der Waals surface area contributed by atoms with Crippen molar-refractivity contribution in [3.8, 4) is 5.88 Å². The van der Waals surface area contributed by atoms with E-state index in [-0.39, 0.29) is 17.0 Å². The van der Waals surface area contributed by atoms with E-state index in [1.54, 1.807) is 6.07 Å². The molecule has 2 N–H and O–H groups in total. The van der Waals surface area contributed by atoms with E-state index in [4.69, 9.17) is 10.5 Å². The Bertz CT molecular complexity index is 528. The Hall–Kier alpha value is -1.18. The Balaban J connectivity index is 2.11. The van der Waals surface area contributed by atoms with E-state index in [9.17, 15) is 8.42 Å². The molecule has 0 radical (unpaired) electrons. The first kappa shape index (κ1) is 14.2. The van der Waals surface area contributed by atoms with Crippen molar-refractivity contribution in [2.75, 3.05) is 14.1 Å². The zero-order valence-electron chi connectivity index (χ0n) is 11.1. The Morgan fingerprint density at radius 1 is 1.37 bits per heavy atom. The van der Waals surface area contributed by atoms with E-state index in [1.807, 2.05) is 0 Å². The molecule has 0 saturated heterocycles. The maximum Gasteiger partial charge on any atom is 0.244 e. The highest BCUT2D eigenvalue weighted by molar-refractivity contribution is 7.89. The van der Waals surface area contributed by atoms with Gasteiger partial charge in [0.05, 0.1) is 6.20 Å². The molecule has 19 heavy (non-hydrogen) atoms. The average molecular weight is 285 g/mol. The van der Waals surface area contributed by atoms with Gasteiger partial charge >= 0.3 is 0 Å². The van der Waals surface area contributed by atoms with Crippen LogP contribution in [0.5, 0.6) is 5.88 Å². The van der Waals surface area contributed by atoms with Crippen molar-refractivity contribution in [1.82, 2.24) is 9.29 Å². The predicted octanol–water partition coefficient (Wildman–Crippen LogP) is 0.591. The Morgan fingerprint density at radius 2 is 2.11 bits per heavy atom. The third kappa shape index (κ3) is 3.05. The van der Waals surface area contributed by atoms with Gasteiger partial charge in [-0.25, -0.2) is 17.7 Å². The number of ether oxygens (including phenoxy) is 1. The normalized spacial score (nSPS) is 23.8. The van der Waals surface area contributed by atoms with Crippen LogP contribution >= 0.6 is 0 Å². The maximum absolute atomic E-state index is 11.9. The zero-order chi connectivity index (χ0) is 14.0. The predicted molar refractivity (Wildman–Crippen MR) is 71.4 cm³/mol. The molecule has 6 nitrogen and oxygen atoms in total. The maximum atomic E-state index is 11.9. The molecule has 1 aromatic rings. The Labute approximate surface area is 113 Å². The summed E-state index contributed by atoms with van der Waals surface area (Å²) >= 11 is 0. The van der Waals surface area contributed by atoms with Crippen molar-refractivity contribution in [2.24, 2.45) is 5.73 Å². The Kier molecular flexibility index (Phi) is 4.07. The van der Waals surface area contributed by atoms with Gasteiger partial charge in [0.25, 0.3) is 0 Å². The van der Waals surface area contributed by atoms with Crippen molar-refractivity contribution in [1.29, 1.82) is 0 Å². The van der Waals surface area contributed by atoms with Crippen LogP contribution in [0.3, 0.4) is 0 Å². The minimum Gasteiger partial charge on any atom is -0.473 e. The standard InChI is InChI=1S/C12H19N3O3S/c1-15(2)19(16,17)9-6-7-12(14-8-9)18-11-5-3-4-10(11)13/h6-8,10-11H,3-5,13H2,1-2H3. The highest BCUT2D eigenvalue weighted by Crippen LogP contribution is 2.23. The van der Waals surface area contributed by atoms with Gasteiger partial charge in [-0.05, 0) is 25.3 Å². The average Bonchev–Trinajstić information content (AvgIpc) is 2.75. The Morgan fingerprint density at radius 3 is 2.58 bits per heavy atom. The van der Waals surface area contributed by atoms with Crippen molar-refractivity contribution in [3.63, 3.8) is 0 Å². The van der Waals surface area contributed by atoms with Gasteiger partial charge in [0.15, 0.2) is 0 Å². The highest BCUT2D eigenvalue weighted by atomic mass is 32.2. The SMILES string of the molecule is CN(C)S(=O)(=O)c1ccc(OC2CCCC2N)nc1. The van der Waals surface area contributed by atoms with Crippen LogP contribution in [-0.2, 0) is 10.0 Å². The molecule has 106 valence electrons. The van der Waals surface area contributed by atoms with Gasteiger partial charge in [-0.15, -0.1) is 0 Å². The molecule has 1 aliphatic carbocycles. The van der Waals surface area contributed by atoms with Crippen molar-refractivity contribution in [3.05, 3.63) is 18.3 Å². The van der Waals surface area contributed by atoms with E-state index >= 15 is 0 Å².